The van der Waals surface area contributed by atoms with E-state index in [0.29, 0.717) is 18.0 Å². The van der Waals surface area contributed by atoms with Crippen LogP contribution in [0.1, 0.15) is 56.9 Å². The minimum Gasteiger partial charge on any atom is -0.337 e. The monoisotopic (exact) mass is 445 g/mol. The van der Waals surface area contributed by atoms with Crippen molar-refractivity contribution in [2.24, 2.45) is 0 Å². The summed E-state index contributed by atoms with van der Waals surface area (Å²) in [6.07, 6.45) is 12.7. The van der Waals surface area contributed by atoms with E-state index in [0.717, 1.165) is 63.5 Å². The summed E-state index contributed by atoms with van der Waals surface area (Å²) in [4.78, 5) is 17.4. The van der Waals surface area contributed by atoms with Crippen LogP contribution in [0.15, 0.2) is 35.2 Å². The molecule has 0 aromatic heterocycles. The molecule has 0 radical (unpaired) electrons. The van der Waals surface area contributed by atoms with Gasteiger partial charge in [-0.3, -0.25) is 9.69 Å². The predicted molar refractivity (Wildman–Crippen MR) is 123 cm³/mol. The Morgan fingerprint density at radius 1 is 0.806 bits per heavy atom. The molecule has 1 amide bonds. The van der Waals surface area contributed by atoms with Gasteiger partial charge in [-0.2, -0.15) is 4.31 Å². The zero-order valence-corrected chi connectivity index (χ0v) is 19.2. The van der Waals surface area contributed by atoms with Gasteiger partial charge in [-0.1, -0.05) is 37.8 Å². The lowest BCUT2D eigenvalue weighted by atomic mass is 10.1. The first-order valence-corrected chi connectivity index (χ1v) is 13.3. The minimum atomic E-state index is -3.43. The van der Waals surface area contributed by atoms with Gasteiger partial charge in [0.25, 0.3) is 0 Å². The van der Waals surface area contributed by atoms with Gasteiger partial charge < -0.3 is 4.90 Å². The Balaban J connectivity index is 1.31. The molecule has 3 aliphatic rings. The van der Waals surface area contributed by atoms with E-state index in [2.05, 4.69) is 4.90 Å². The molecule has 0 spiro atoms. The molecule has 7 heteroatoms. The van der Waals surface area contributed by atoms with E-state index in [4.69, 9.17) is 0 Å². The number of hydrogen-bond donors (Lipinski definition) is 0. The Morgan fingerprint density at radius 3 is 2.03 bits per heavy atom. The summed E-state index contributed by atoms with van der Waals surface area (Å²) in [5, 5.41) is 0. The van der Waals surface area contributed by atoms with Gasteiger partial charge in [0.15, 0.2) is 0 Å². The average Bonchev–Trinajstić information content (AvgIpc) is 3.19. The fourth-order valence-electron chi connectivity index (χ4n) is 5.03. The molecule has 0 unspecified atom stereocenters. The fraction of sp³-hybridized carbons (Fsp3) is 0.625. The van der Waals surface area contributed by atoms with Crippen molar-refractivity contribution in [3.05, 3.63) is 35.9 Å². The number of amides is 1. The van der Waals surface area contributed by atoms with E-state index < -0.39 is 10.0 Å². The zero-order chi connectivity index (χ0) is 21.7. The van der Waals surface area contributed by atoms with Gasteiger partial charge in [0.2, 0.25) is 15.9 Å². The predicted octanol–water partition coefficient (Wildman–Crippen LogP) is 3.35. The first kappa shape index (κ1) is 22.5. The first-order valence-electron chi connectivity index (χ1n) is 11.9. The van der Waals surface area contributed by atoms with Crippen molar-refractivity contribution < 1.29 is 13.2 Å². The SMILES string of the molecule is O=C(/C=C/c1ccc(S(=O)(=O)N2CCCCCC2)cc1)N1CCN(C2CCCC2)CC1. The summed E-state index contributed by atoms with van der Waals surface area (Å²) >= 11 is 0. The highest BCUT2D eigenvalue weighted by molar-refractivity contribution is 7.89. The summed E-state index contributed by atoms with van der Waals surface area (Å²) in [6.45, 7) is 4.71. The molecule has 0 atom stereocenters. The normalized spacial score (nSPS) is 22.8. The third-order valence-electron chi connectivity index (χ3n) is 6.97. The van der Waals surface area contributed by atoms with Crippen molar-refractivity contribution in [1.29, 1.82) is 0 Å². The molecular formula is C24H35N3O3S. The van der Waals surface area contributed by atoms with E-state index >= 15 is 0 Å². The summed E-state index contributed by atoms with van der Waals surface area (Å²) in [5.74, 6) is 0.0346. The van der Waals surface area contributed by atoms with Crippen molar-refractivity contribution in [1.82, 2.24) is 14.1 Å². The molecule has 2 saturated heterocycles. The smallest absolute Gasteiger partial charge is 0.246 e. The Bertz CT molecular complexity index is 860. The Hall–Kier alpha value is -1.70. The maximum atomic E-state index is 12.9. The third kappa shape index (κ3) is 5.57. The number of rotatable bonds is 5. The Labute approximate surface area is 186 Å². The highest BCUT2D eigenvalue weighted by atomic mass is 32.2. The third-order valence-corrected chi connectivity index (χ3v) is 8.88. The first-order chi connectivity index (χ1) is 15.0. The van der Waals surface area contributed by atoms with Gasteiger partial charge in [0.05, 0.1) is 4.90 Å². The van der Waals surface area contributed by atoms with E-state index in [9.17, 15) is 13.2 Å². The number of sulfonamides is 1. The van der Waals surface area contributed by atoms with Crippen LogP contribution < -0.4 is 0 Å². The molecule has 0 bridgehead atoms. The second-order valence-corrected chi connectivity index (χ2v) is 11.0. The van der Waals surface area contributed by atoms with Gasteiger partial charge in [-0.05, 0) is 49.5 Å². The van der Waals surface area contributed by atoms with Gasteiger partial charge in [-0.15, -0.1) is 0 Å². The molecule has 4 rings (SSSR count). The number of carbonyl (C=O) groups excluding carboxylic acids is 1. The second-order valence-electron chi connectivity index (χ2n) is 9.02. The van der Waals surface area contributed by atoms with Gasteiger partial charge in [0.1, 0.15) is 0 Å². The van der Waals surface area contributed by atoms with Gasteiger partial charge in [-0.25, -0.2) is 8.42 Å². The molecule has 1 aliphatic carbocycles. The fourth-order valence-corrected chi connectivity index (χ4v) is 6.55. The highest BCUT2D eigenvalue weighted by Gasteiger charge is 2.27. The quantitative estimate of drug-likeness (QED) is 0.652. The van der Waals surface area contributed by atoms with Crippen molar-refractivity contribution in [3.8, 4) is 0 Å². The van der Waals surface area contributed by atoms with Crippen LogP contribution >= 0.6 is 0 Å². The topological polar surface area (TPSA) is 60.9 Å². The van der Waals surface area contributed by atoms with Crippen LogP contribution in [0, 0.1) is 0 Å². The largest absolute Gasteiger partial charge is 0.337 e. The molecule has 3 fully saturated rings. The molecule has 31 heavy (non-hydrogen) atoms. The van der Waals surface area contributed by atoms with E-state index in [1.54, 1.807) is 40.7 Å². The number of nitrogens with zero attached hydrogens (tertiary/aromatic N) is 3. The van der Waals surface area contributed by atoms with Crippen LogP contribution in [0.5, 0.6) is 0 Å². The average molecular weight is 446 g/mol. The number of carbonyl (C=O) groups is 1. The Morgan fingerprint density at radius 2 is 1.42 bits per heavy atom. The van der Waals surface area contributed by atoms with Crippen molar-refractivity contribution in [3.63, 3.8) is 0 Å². The van der Waals surface area contributed by atoms with Crippen LogP contribution in [-0.4, -0.2) is 73.7 Å². The van der Waals surface area contributed by atoms with E-state index in [1.165, 1.54) is 25.7 Å². The lowest BCUT2D eigenvalue weighted by Gasteiger charge is -2.37. The number of piperazine rings is 1. The lowest BCUT2D eigenvalue weighted by molar-refractivity contribution is -0.127. The Kier molecular flexibility index (Phi) is 7.46. The molecule has 2 heterocycles. The molecule has 6 nitrogen and oxygen atoms in total. The van der Waals surface area contributed by atoms with Crippen LogP contribution in [0.25, 0.3) is 6.08 Å². The molecule has 1 aromatic carbocycles. The molecule has 170 valence electrons. The van der Waals surface area contributed by atoms with Crippen molar-refractivity contribution in [2.75, 3.05) is 39.3 Å². The molecule has 1 saturated carbocycles. The summed E-state index contributed by atoms with van der Waals surface area (Å²) in [7, 11) is -3.43. The number of benzene rings is 1. The molecule has 1 aromatic rings. The minimum absolute atomic E-state index is 0.0346. The van der Waals surface area contributed by atoms with E-state index in [1.807, 2.05) is 4.90 Å². The van der Waals surface area contributed by atoms with Gasteiger partial charge >= 0.3 is 0 Å². The summed E-state index contributed by atoms with van der Waals surface area (Å²) in [5.41, 5.74) is 0.841. The highest BCUT2D eigenvalue weighted by Crippen LogP contribution is 2.24. The lowest BCUT2D eigenvalue weighted by Crippen LogP contribution is -2.51. The molecule has 2 aliphatic heterocycles. The van der Waals surface area contributed by atoms with Crippen LogP contribution in [0.4, 0.5) is 0 Å². The second kappa shape index (κ2) is 10.3. The molecular weight excluding hydrogens is 410 g/mol. The maximum absolute atomic E-state index is 12.9. The number of hydrogen-bond acceptors (Lipinski definition) is 4. The van der Waals surface area contributed by atoms with Gasteiger partial charge in [0, 0.05) is 51.4 Å². The standard InChI is InChI=1S/C24H35N3O3S/c28-24(26-19-17-25(18-20-26)22-7-3-4-8-22)14-11-21-9-12-23(13-10-21)31(29,30)27-15-5-1-2-6-16-27/h9-14,22H,1-8,15-20H2/b14-11+. The zero-order valence-electron chi connectivity index (χ0n) is 18.4. The molecule has 0 N–H and O–H groups in total. The van der Waals surface area contributed by atoms with Crippen molar-refractivity contribution >= 4 is 22.0 Å². The maximum Gasteiger partial charge on any atom is 0.246 e. The van der Waals surface area contributed by atoms with Crippen LogP contribution in [0.3, 0.4) is 0 Å². The van der Waals surface area contributed by atoms with E-state index in [-0.39, 0.29) is 5.91 Å². The van der Waals surface area contributed by atoms with Crippen LogP contribution in [0.2, 0.25) is 0 Å². The van der Waals surface area contributed by atoms with Crippen LogP contribution in [-0.2, 0) is 14.8 Å². The van der Waals surface area contributed by atoms with Crippen molar-refractivity contribution in [2.45, 2.75) is 62.3 Å². The summed E-state index contributed by atoms with van der Waals surface area (Å²) < 4.78 is 27.4. The summed E-state index contributed by atoms with van der Waals surface area (Å²) in [6, 6.07) is 7.60.